The van der Waals surface area contributed by atoms with E-state index in [1.54, 1.807) is 6.33 Å². The molecule has 4 heterocycles. The summed E-state index contributed by atoms with van der Waals surface area (Å²) in [5.74, 6) is 0.195. The van der Waals surface area contributed by atoms with Gasteiger partial charge in [-0.3, -0.25) is 10.1 Å². The zero-order valence-electron chi connectivity index (χ0n) is 11.8. The molecule has 0 bridgehead atoms. The molecule has 2 unspecified atom stereocenters. The highest BCUT2D eigenvalue weighted by Crippen LogP contribution is 2.32. The molecule has 0 spiro atoms. The van der Waals surface area contributed by atoms with Crippen molar-refractivity contribution < 1.29 is 4.79 Å². The van der Waals surface area contributed by atoms with Crippen molar-refractivity contribution in [2.75, 3.05) is 6.54 Å². The molecule has 0 radical (unpaired) electrons. The molecule has 1 amide bonds. The van der Waals surface area contributed by atoms with Crippen molar-refractivity contribution in [1.82, 2.24) is 25.2 Å². The maximum Gasteiger partial charge on any atom is 0.240 e. The van der Waals surface area contributed by atoms with E-state index in [-0.39, 0.29) is 18.0 Å². The molecule has 1 fully saturated rings. The number of nitrogens with zero attached hydrogens (tertiary/aromatic N) is 2. The highest BCUT2D eigenvalue weighted by atomic mass is 16.2. The summed E-state index contributed by atoms with van der Waals surface area (Å²) in [5.41, 5.74) is 3.25. The van der Waals surface area contributed by atoms with Crippen molar-refractivity contribution in [1.29, 1.82) is 0 Å². The lowest BCUT2D eigenvalue weighted by atomic mass is 10.0. The molecule has 4 rings (SSSR count). The van der Waals surface area contributed by atoms with Gasteiger partial charge in [-0.05, 0) is 25.0 Å². The fourth-order valence-electron chi connectivity index (χ4n) is 3.45. The van der Waals surface area contributed by atoms with Gasteiger partial charge in [0.2, 0.25) is 5.91 Å². The van der Waals surface area contributed by atoms with Gasteiger partial charge in [-0.25, -0.2) is 4.98 Å². The van der Waals surface area contributed by atoms with Gasteiger partial charge in [-0.1, -0.05) is 0 Å². The number of fused-ring (bicyclic) bond motifs is 1. The van der Waals surface area contributed by atoms with Gasteiger partial charge in [0, 0.05) is 31.4 Å². The van der Waals surface area contributed by atoms with Crippen LogP contribution in [0.2, 0.25) is 0 Å². The Balaban J connectivity index is 1.52. The number of aromatic amines is 2. The number of nitrogens with one attached hydrogen (secondary N) is 3. The van der Waals surface area contributed by atoms with E-state index >= 15 is 0 Å². The second-order valence-corrected chi connectivity index (χ2v) is 5.78. The minimum Gasteiger partial charge on any atom is -0.363 e. The molecule has 2 atom stereocenters. The summed E-state index contributed by atoms with van der Waals surface area (Å²) in [7, 11) is 0. The standard InChI is InChI=1S/C15H19N5O/c21-15(12-7-11-13(8-17-12)19-9-18-11)20-6-2-4-14(20)10-3-1-5-16-10/h1,3,5,9,12,14,16-17H,2,4,6-8H2,(H,18,19). The Morgan fingerprint density at radius 3 is 3.19 bits per heavy atom. The van der Waals surface area contributed by atoms with Crippen molar-refractivity contribution in [2.24, 2.45) is 0 Å². The molecule has 0 aliphatic carbocycles. The van der Waals surface area contributed by atoms with Crippen LogP contribution in [-0.4, -0.2) is 38.3 Å². The lowest BCUT2D eigenvalue weighted by Gasteiger charge is -2.30. The molecule has 2 aromatic rings. The van der Waals surface area contributed by atoms with Gasteiger partial charge >= 0.3 is 0 Å². The minimum atomic E-state index is -0.156. The Morgan fingerprint density at radius 1 is 1.38 bits per heavy atom. The maximum atomic E-state index is 12.8. The minimum absolute atomic E-state index is 0.156. The summed E-state index contributed by atoms with van der Waals surface area (Å²) in [6, 6.07) is 4.09. The Hall–Kier alpha value is -2.08. The molecule has 6 nitrogen and oxygen atoms in total. The van der Waals surface area contributed by atoms with Crippen molar-refractivity contribution in [2.45, 2.75) is 37.9 Å². The highest BCUT2D eigenvalue weighted by Gasteiger charge is 2.36. The number of aromatic nitrogens is 3. The van der Waals surface area contributed by atoms with Crippen LogP contribution in [0.4, 0.5) is 0 Å². The number of likely N-dealkylation sites (tertiary alicyclic amines) is 1. The largest absolute Gasteiger partial charge is 0.363 e. The van der Waals surface area contributed by atoms with E-state index in [2.05, 4.69) is 26.3 Å². The third-order valence-corrected chi connectivity index (χ3v) is 4.55. The van der Waals surface area contributed by atoms with Gasteiger partial charge < -0.3 is 14.9 Å². The molecule has 2 aliphatic rings. The summed E-state index contributed by atoms with van der Waals surface area (Å²) < 4.78 is 0. The average molecular weight is 285 g/mol. The first-order chi connectivity index (χ1) is 10.3. The maximum absolute atomic E-state index is 12.8. The molecular formula is C15H19N5O. The van der Waals surface area contributed by atoms with Gasteiger partial charge in [0.15, 0.2) is 0 Å². The van der Waals surface area contributed by atoms with Crippen LogP contribution in [0.1, 0.15) is 36.0 Å². The van der Waals surface area contributed by atoms with E-state index in [9.17, 15) is 4.79 Å². The molecule has 0 aromatic carbocycles. The molecule has 0 saturated carbocycles. The number of hydrogen-bond donors (Lipinski definition) is 3. The van der Waals surface area contributed by atoms with Crippen LogP contribution < -0.4 is 5.32 Å². The molecular weight excluding hydrogens is 266 g/mol. The Morgan fingerprint density at radius 2 is 2.33 bits per heavy atom. The van der Waals surface area contributed by atoms with Crippen LogP contribution >= 0.6 is 0 Å². The van der Waals surface area contributed by atoms with E-state index in [1.807, 2.05) is 17.2 Å². The third-order valence-electron chi connectivity index (χ3n) is 4.55. The molecule has 110 valence electrons. The first-order valence-corrected chi connectivity index (χ1v) is 7.51. The van der Waals surface area contributed by atoms with Gasteiger partial charge in [0.05, 0.1) is 29.8 Å². The van der Waals surface area contributed by atoms with Crippen molar-refractivity contribution in [3.63, 3.8) is 0 Å². The van der Waals surface area contributed by atoms with E-state index in [0.29, 0.717) is 13.0 Å². The van der Waals surface area contributed by atoms with Gasteiger partial charge in [-0.2, -0.15) is 0 Å². The predicted octanol–water partition coefficient (Wildman–Crippen LogP) is 1.12. The number of H-pyrrole nitrogens is 2. The number of amides is 1. The zero-order chi connectivity index (χ0) is 14.2. The summed E-state index contributed by atoms with van der Waals surface area (Å²) in [5, 5.41) is 3.33. The summed E-state index contributed by atoms with van der Waals surface area (Å²) in [4.78, 5) is 25.5. The second-order valence-electron chi connectivity index (χ2n) is 5.78. The summed E-state index contributed by atoms with van der Waals surface area (Å²) in [6.07, 6.45) is 6.40. The van der Waals surface area contributed by atoms with Crippen LogP contribution in [0.5, 0.6) is 0 Å². The van der Waals surface area contributed by atoms with Gasteiger partial charge in [0.1, 0.15) is 0 Å². The zero-order valence-corrected chi connectivity index (χ0v) is 11.8. The van der Waals surface area contributed by atoms with E-state index in [4.69, 9.17) is 0 Å². The first kappa shape index (κ1) is 12.6. The van der Waals surface area contributed by atoms with Crippen molar-refractivity contribution in [3.8, 4) is 0 Å². The third kappa shape index (κ3) is 2.15. The molecule has 6 heteroatoms. The van der Waals surface area contributed by atoms with Gasteiger partial charge in [-0.15, -0.1) is 0 Å². The Kier molecular flexibility index (Phi) is 3.03. The number of imidazole rings is 1. The smallest absolute Gasteiger partial charge is 0.240 e. The van der Waals surface area contributed by atoms with Crippen LogP contribution in [-0.2, 0) is 17.8 Å². The fraction of sp³-hybridized carbons (Fsp3) is 0.467. The monoisotopic (exact) mass is 285 g/mol. The van der Waals surface area contributed by atoms with Crippen molar-refractivity contribution >= 4 is 5.91 Å². The van der Waals surface area contributed by atoms with Crippen LogP contribution in [0.25, 0.3) is 0 Å². The average Bonchev–Trinajstić information content (AvgIpc) is 3.24. The van der Waals surface area contributed by atoms with Crippen LogP contribution in [0.15, 0.2) is 24.7 Å². The number of hydrogen-bond acceptors (Lipinski definition) is 3. The quantitative estimate of drug-likeness (QED) is 0.774. The highest BCUT2D eigenvalue weighted by molar-refractivity contribution is 5.83. The molecule has 3 N–H and O–H groups in total. The molecule has 2 aliphatic heterocycles. The molecule has 21 heavy (non-hydrogen) atoms. The second kappa shape index (κ2) is 5.04. The van der Waals surface area contributed by atoms with E-state index < -0.39 is 0 Å². The normalized spacial score (nSPS) is 25.0. The van der Waals surface area contributed by atoms with Crippen molar-refractivity contribution in [3.05, 3.63) is 41.7 Å². The summed E-state index contributed by atoms with van der Waals surface area (Å²) in [6.45, 7) is 1.53. The molecule has 2 aromatic heterocycles. The predicted molar refractivity (Wildman–Crippen MR) is 77.4 cm³/mol. The fourth-order valence-corrected chi connectivity index (χ4v) is 3.45. The number of carbonyl (C=O) groups excluding carboxylic acids is 1. The number of rotatable bonds is 2. The lowest BCUT2D eigenvalue weighted by molar-refractivity contribution is -0.134. The first-order valence-electron chi connectivity index (χ1n) is 7.51. The Bertz CT molecular complexity index is 632. The Labute approximate surface area is 123 Å². The lowest BCUT2D eigenvalue weighted by Crippen LogP contribution is -2.49. The summed E-state index contributed by atoms with van der Waals surface area (Å²) >= 11 is 0. The van der Waals surface area contributed by atoms with Gasteiger partial charge in [0.25, 0.3) is 0 Å². The van der Waals surface area contributed by atoms with E-state index in [0.717, 1.165) is 36.5 Å². The topological polar surface area (TPSA) is 76.8 Å². The van der Waals surface area contributed by atoms with Crippen LogP contribution in [0.3, 0.4) is 0 Å². The van der Waals surface area contributed by atoms with Crippen LogP contribution in [0, 0.1) is 0 Å². The van der Waals surface area contributed by atoms with E-state index in [1.165, 1.54) is 0 Å². The SMILES string of the molecule is O=C(C1Cc2nc[nH]c2CN1)N1CCCC1c1ccc[nH]1. The number of carbonyl (C=O) groups is 1. The molecule has 1 saturated heterocycles.